The molecule has 5 heteroatoms. The molecule has 0 saturated carbocycles. The Morgan fingerprint density at radius 1 is 1.28 bits per heavy atom. The van der Waals surface area contributed by atoms with Gasteiger partial charge in [0.15, 0.2) is 5.69 Å². The summed E-state index contributed by atoms with van der Waals surface area (Å²) < 4.78 is 1.98. The quantitative estimate of drug-likeness (QED) is 0.843. The zero-order valence-corrected chi connectivity index (χ0v) is 14.6. The Balaban J connectivity index is 1.60. The van der Waals surface area contributed by atoms with E-state index in [-0.39, 0.29) is 5.91 Å². The molecule has 1 aliphatic carbocycles. The summed E-state index contributed by atoms with van der Waals surface area (Å²) in [4.78, 5) is 12.7. The van der Waals surface area contributed by atoms with Gasteiger partial charge in [-0.25, -0.2) is 4.68 Å². The summed E-state index contributed by atoms with van der Waals surface area (Å²) in [5.74, 6) is -0.0510. The van der Waals surface area contributed by atoms with Crippen LogP contribution in [-0.2, 0) is 12.8 Å². The first kappa shape index (κ1) is 16.1. The van der Waals surface area contributed by atoms with Crippen LogP contribution in [0.15, 0.2) is 35.9 Å². The minimum atomic E-state index is -0.0510. The predicted octanol–water partition coefficient (Wildman–Crippen LogP) is 2.32. The number of carbonyl (C=O) groups is 1. The van der Waals surface area contributed by atoms with Crippen LogP contribution in [0.1, 0.15) is 40.2 Å². The molecule has 4 rings (SSSR count). The normalized spacial score (nSPS) is 16.4. The summed E-state index contributed by atoms with van der Waals surface area (Å²) >= 11 is 0. The molecule has 2 N–H and O–H groups in total. The third kappa shape index (κ3) is 3.12. The number of fused-ring (bicyclic) bond motifs is 1. The molecule has 0 spiro atoms. The highest BCUT2D eigenvalue weighted by Crippen LogP contribution is 2.28. The van der Waals surface area contributed by atoms with Gasteiger partial charge >= 0.3 is 0 Å². The highest BCUT2D eigenvalue weighted by Gasteiger charge is 2.27. The summed E-state index contributed by atoms with van der Waals surface area (Å²) in [6.45, 7) is 4.58. The molecule has 0 fully saturated rings. The molecule has 0 atom stereocenters. The maximum absolute atomic E-state index is 12.7. The number of hydrogen-bond acceptors (Lipinski definition) is 3. The van der Waals surface area contributed by atoms with Gasteiger partial charge in [0, 0.05) is 24.3 Å². The zero-order chi connectivity index (χ0) is 17.2. The molecule has 1 amide bonds. The molecular formula is C20H24N4O. The lowest BCUT2D eigenvalue weighted by molar-refractivity contribution is 0.0950. The van der Waals surface area contributed by atoms with Crippen LogP contribution < -0.4 is 10.6 Å². The van der Waals surface area contributed by atoms with Crippen LogP contribution in [0, 0.1) is 6.92 Å². The third-order valence-electron chi connectivity index (χ3n) is 5.12. The second-order valence-electron chi connectivity index (χ2n) is 6.82. The first-order chi connectivity index (χ1) is 12.2. The van der Waals surface area contributed by atoms with E-state index in [0.29, 0.717) is 12.2 Å². The molecule has 1 aliphatic heterocycles. The number of hydrogen-bond donors (Lipinski definition) is 2. The SMILES string of the molecule is Cc1ccccc1-n1nc(C(=O)NCC2=CCNCC2)c2c1CCC2. The van der Waals surface area contributed by atoms with E-state index in [1.54, 1.807) is 0 Å². The predicted molar refractivity (Wildman–Crippen MR) is 98.2 cm³/mol. The minimum Gasteiger partial charge on any atom is -0.347 e. The van der Waals surface area contributed by atoms with E-state index in [1.165, 1.54) is 16.8 Å². The van der Waals surface area contributed by atoms with Crippen molar-refractivity contribution in [3.63, 3.8) is 0 Å². The molecule has 5 nitrogen and oxygen atoms in total. The maximum Gasteiger partial charge on any atom is 0.272 e. The van der Waals surface area contributed by atoms with Crippen LogP contribution in [0.4, 0.5) is 0 Å². The Kier molecular flexibility index (Phi) is 4.40. The van der Waals surface area contributed by atoms with Gasteiger partial charge < -0.3 is 10.6 Å². The van der Waals surface area contributed by atoms with Gasteiger partial charge in [-0.1, -0.05) is 29.8 Å². The molecule has 0 bridgehead atoms. The van der Waals surface area contributed by atoms with Gasteiger partial charge in [-0.2, -0.15) is 5.10 Å². The average Bonchev–Trinajstić information content (AvgIpc) is 3.24. The van der Waals surface area contributed by atoms with Crippen LogP contribution in [0.25, 0.3) is 5.69 Å². The number of carbonyl (C=O) groups excluding carboxylic acids is 1. The number of para-hydroxylation sites is 1. The molecule has 0 saturated heterocycles. The van der Waals surface area contributed by atoms with Crippen molar-refractivity contribution in [2.24, 2.45) is 0 Å². The Bertz CT molecular complexity index is 834. The molecule has 1 aromatic heterocycles. The van der Waals surface area contributed by atoms with Crippen molar-refractivity contribution in [1.82, 2.24) is 20.4 Å². The highest BCUT2D eigenvalue weighted by molar-refractivity contribution is 5.94. The van der Waals surface area contributed by atoms with E-state index in [1.807, 2.05) is 16.8 Å². The molecule has 130 valence electrons. The fourth-order valence-corrected chi connectivity index (χ4v) is 3.73. The van der Waals surface area contributed by atoms with Crippen molar-refractivity contribution < 1.29 is 4.79 Å². The Hall–Kier alpha value is -2.40. The average molecular weight is 336 g/mol. The largest absolute Gasteiger partial charge is 0.347 e. The molecule has 2 aromatic rings. The van der Waals surface area contributed by atoms with Crippen LogP contribution in [0.2, 0.25) is 0 Å². The minimum absolute atomic E-state index is 0.0510. The van der Waals surface area contributed by atoms with Crippen molar-refractivity contribution in [2.45, 2.75) is 32.6 Å². The van der Waals surface area contributed by atoms with E-state index in [0.717, 1.165) is 50.0 Å². The number of nitrogens with zero attached hydrogens (tertiary/aromatic N) is 2. The fourth-order valence-electron chi connectivity index (χ4n) is 3.73. The monoisotopic (exact) mass is 336 g/mol. The number of nitrogens with one attached hydrogen (secondary N) is 2. The third-order valence-corrected chi connectivity index (χ3v) is 5.12. The van der Waals surface area contributed by atoms with Crippen molar-refractivity contribution in [3.05, 3.63) is 58.4 Å². The Morgan fingerprint density at radius 2 is 2.16 bits per heavy atom. The number of aromatic nitrogens is 2. The first-order valence-electron chi connectivity index (χ1n) is 9.07. The lowest BCUT2D eigenvalue weighted by atomic mass is 10.1. The van der Waals surface area contributed by atoms with Gasteiger partial charge in [0.1, 0.15) is 0 Å². The summed E-state index contributed by atoms with van der Waals surface area (Å²) in [7, 11) is 0. The maximum atomic E-state index is 12.7. The van der Waals surface area contributed by atoms with Gasteiger partial charge in [0.25, 0.3) is 5.91 Å². The summed E-state index contributed by atoms with van der Waals surface area (Å²) in [6, 6.07) is 8.21. The molecule has 25 heavy (non-hydrogen) atoms. The van der Waals surface area contributed by atoms with Crippen LogP contribution >= 0.6 is 0 Å². The molecule has 1 aromatic carbocycles. The molecular weight excluding hydrogens is 312 g/mol. The van der Waals surface area contributed by atoms with E-state index in [2.05, 4.69) is 35.8 Å². The molecule has 2 aliphatic rings. The number of aryl methyl sites for hydroxylation is 1. The van der Waals surface area contributed by atoms with Gasteiger partial charge in [0.2, 0.25) is 0 Å². The number of amides is 1. The summed E-state index contributed by atoms with van der Waals surface area (Å²) in [5, 5.41) is 11.1. The van der Waals surface area contributed by atoms with Crippen molar-refractivity contribution in [1.29, 1.82) is 0 Å². The van der Waals surface area contributed by atoms with Crippen molar-refractivity contribution in [2.75, 3.05) is 19.6 Å². The van der Waals surface area contributed by atoms with Gasteiger partial charge in [-0.3, -0.25) is 4.79 Å². The fraction of sp³-hybridized carbons (Fsp3) is 0.400. The second-order valence-corrected chi connectivity index (χ2v) is 6.82. The Labute approximate surface area is 148 Å². The van der Waals surface area contributed by atoms with E-state index in [9.17, 15) is 4.79 Å². The van der Waals surface area contributed by atoms with Gasteiger partial charge in [-0.05, 0) is 50.8 Å². The lowest BCUT2D eigenvalue weighted by Gasteiger charge is -2.14. The summed E-state index contributed by atoms with van der Waals surface area (Å²) in [6.07, 6.45) is 6.18. The van der Waals surface area contributed by atoms with E-state index >= 15 is 0 Å². The molecule has 0 radical (unpaired) electrons. The lowest BCUT2D eigenvalue weighted by Crippen LogP contribution is -2.30. The standard InChI is InChI=1S/C20H24N4O/c1-14-5-2-3-7-17(14)24-18-8-4-6-16(18)19(23-24)20(25)22-13-15-9-11-21-12-10-15/h2-3,5,7,9,21H,4,6,8,10-13H2,1H3,(H,22,25). The zero-order valence-electron chi connectivity index (χ0n) is 14.6. The first-order valence-corrected chi connectivity index (χ1v) is 9.07. The smallest absolute Gasteiger partial charge is 0.272 e. The van der Waals surface area contributed by atoms with Gasteiger partial charge in [-0.15, -0.1) is 0 Å². The summed E-state index contributed by atoms with van der Waals surface area (Å²) in [5.41, 5.74) is 6.46. The van der Waals surface area contributed by atoms with Gasteiger partial charge in [0.05, 0.1) is 5.69 Å². The molecule has 2 heterocycles. The topological polar surface area (TPSA) is 59.0 Å². The van der Waals surface area contributed by atoms with Crippen LogP contribution in [0.3, 0.4) is 0 Å². The number of benzene rings is 1. The van der Waals surface area contributed by atoms with E-state index < -0.39 is 0 Å². The van der Waals surface area contributed by atoms with Crippen molar-refractivity contribution in [3.8, 4) is 5.69 Å². The number of rotatable bonds is 4. The van der Waals surface area contributed by atoms with Crippen LogP contribution in [-0.4, -0.2) is 35.3 Å². The molecule has 0 unspecified atom stereocenters. The van der Waals surface area contributed by atoms with Crippen molar-refractivity contribution >= 4 is 5.91 Å². The second kappa shape index (κ2) is 6.84. The van der Waals surface area contributed by atoms with E-state index in [4.69, 9.17) is 5.10 Å². The van der Waals surface area contributed by atoms with Crippen LogP contribution in [0.5, 0.6) is 0 Å². The highest BCUT2D eigenvalue weighted by atomic mass is 16.1. The Morgan fingerprint density at radius 3 is 2.96 bits per heavy atom.